The summed E-state index contributed by atoms with van der Waals surface area (Å²) in [6, 6.07) is 11.6. The van der Waals surface area contributed by atoms with E-state index in [9.17, 15) is 0 Å². The predicted molar refractivity (Wildman–Crippen MR) is 129 cm³/mol. The molecule has 9 heteroatoms. The van der Waals surface area contributed by atoms with Crippen LogP contribution in [0.25, 0.3) is 16.3 Å². The number of hydrogen-bond donors (Lipinski definition) is 1. The van der Waals surface area contributed by atoms with Gasteiger partial charge in [0.1, 0.15) is 5.75 Å². The molecular weight excluding hydrogens is 444 g/mol. The van der Waals surface area contributed by atoms with Crippen LogP contribution >= 0.6 is 23.6 Å². The van der Waals surface area contributed by atoms with Gasteiger partial charge < -0.3 is 24.2 Å². The third-order valence-electron chi connectivity index (χ3n) is 5.30. The number of thiophene rings is 1. The quantitative estimate of drug-likeness (QED) is 0.350. The van der Waals surface area contributed by atoms with Gasteiger partial charge in [-0.05, 0) is 61.6 Å². The number of methoxy groups -OCH3 is 1. The highest BCUT2D eigenvalue weighted by atomic mass is 32.1. The van der Waals surface area contributed by atoms with E-state index in [-0.39, 0.29) is 6.04 Å². The molecule has 1 atom stereocenters. The molecule has 3 aromatic rings. The van der Waals surface area contributed by atoms with Crippen molar-refractivity contribution in [3.63, 3.8) is 0 Å². The van der Waals surface area contributed by atoms with E-state index in [1.54, 1.807) is 18.4 Å². The third-order valence-corrected chi connectivity index (χ3v) is 6.50. The van der Waals surface area contributed by atoms with Gasteiger partial charge in [0.05, 0.1) is 23.6 Å². The molecule has 0 spiro atoms. The molecule has 7 nitrogen and oxygen atoms in total. The van der Waals surface area contributed by atoms with Gasteiger partial charge in [0.25, 0.3) is 5.89 Å². The fourth-order valence-electron chi connectivity index (χ4n) is 3.71. The first-order valence-corrected chi connectivity index (χ1v) is 11.8. The number of hydrogen-bond acceptors (Lipinski definition) is 7. The number of aromatic nitrogens is 2. The molecule has 1 N–H and O–H groups in total. The van der Waals surface area contributed by atoms with E-state index >= 15 is 0 Å². The van der Waals surface area contributed by atoms with E-state index in [1.165, 1.54) is 0 Å². The molecule has 0 aliphatic carbocycles. The normalized spacial score (nSPS) is 16.4. The van der Waals surface area contributed by atoms with Gasteiger partial charge >= 0.3 is 0 Å². The van der Waals surface area contributed by atoms with E-state index in [0.29, 0.717) is 30.0 Å². The minimum absolute atomic E-state index is 0.239. The lowest BCUT2D eigenvalue weighted by Crippen LogP contribution is -2.46. The van der Waals surface area contributed by atoms with Gasteiger partial charge in [-0.2, -0.15) is 4.98 Å². The highest BCUT2D eigenvalue weighted by Crippen LogP contribution is 2.38. The summed E-state index contributed by atoms with van der Waals surface area (Å²) in [5.74, 6) is 1.83. The van der Waals surface area contributed by atoms with Crippen molar-refractivity contribution < 1.29 is 14.0 Å². The topological polar surface area (TPSA) is 72.7 Å². The van der Waals surface area contributed by atoms with Gasteiger partial charge in [-0.15, -0.1) is 11.3 Å². The monoisotopic (exact) mass is 470 g/mol. The van der Waals surface area contributed by atoms with E-state index in [2.05, 4.69) is 15.4 Å². The standard InChI is InChI=1S/C23H26N4O3S2/c1-4-29-12-7-11-27-15(2)19(22-25-21(26-30-22)18-10-6-13-32-18)20(24-23(27)31)16-8-5-9-17(14-16)28-3/h5-6,8-10,13-14,20H,4,7,11-12H2,1-3H3,(H,24,31). The van der Waals surface area contributed by atoms with Crippen LogP contribution < -0.4 is 10.1 Å². The Morgan fingerprint density at radius 1 is 1.28 bits per heavy atom. The van der Waals surface area contributed by atoms with Crippen LogP contribution in [0.2, 0.25) is 0 Å². The predicted octanol–water partition coefficient (Wildman–Crippen LogP) is 4.90. The molecule has 2 aromatic heterocycles. The summed E-state index contributed by atoms with van der Waals surface area (Å²) >= 11 is 7.31. The van der Waals surface area contributed by atoms with Crippen molar-refractivity contribution in [2.75, 3.05) is 26.9 Å². The average molecular weight is 471 g/mol. The van der Waals surface area contributed by atoms with Gasteiger partial charge in [0.2, 0.25) is 5.82 Å². The molecule has 1 aliphatic heterocycles. The van der Waals surface area contributed by atoms with E-state index in [1.807, 2.05) is 55.6 Å². The zero-order valence-corrected chi connectivity index (χ0v) is 20.0. The van der Waals surface area contributed by atoms with Crippen molar-refractivity contribution in [3.8, 4) is 16.5 Å². The molecule has 4 rings (SSSR count). The molecule has 0 bridgehead atoms. The zero-order valence-electron chi connectivity index (χ0n) is 18.3. The number of nitrogens with one attached hydrogen (secondary N) is 1. The first kappa shape index (κ1) is 22.4. The smallest absolute Gasteiger partial charge is 0.258 e. The van der Waals surface area contributed by atoms with Gasteiger partial charge in [-0.25, -0.2) is 0 Å². The summed E-state index contributed by atoms with van der Waals surface area (Å²) in [5, 5.41) is 10.4. The van der Waals surface area contributed by atoms with E-state index < -0.39 is 0 Å². The molecule has 32 heavy (non-hydrogen) atoms. The van der Waals surface area contributed by atoms with Crippen molar-refractivity contribution >= 4 is 34.2 Å². The van der Waals surface area contributed by atoms with Gasteiger partial charge in [-0.1, -0.05) is 23.4 Å². The van der Waals surface area contributed by atoms with Crippen molar-refractivity contribution in [3.05, 3.63) is 58.9 Å². The SMILES string of the molecule is CCOCCCN1C(=S)NC(c2cccc(OC)c2)C(c2nc(-c3cccs3)no2)=C1C. The molecule has 1 aromatic carbocycles. The molecule has 0 fully saturated rings. The second-order valence-electron chi connectivity index (χ2n) is 7.26. The lowest BCUT2D eigenvalue weighted by molar-refractivity contribution is 0.141. The van der Waals surface area contributed by atoms with E-state index in [0.717, 1.165) is 40.4 Å². The van der Waals surface area contributed by atoms with Crippen LogP contribution in [0.4, 0.5) is 0 Å². The van der Waals surface area contributed by atoms with Crippen molar-refractivity contribution in [2.45, 2.75) is 26.3 Å². The lowest BCUT2D eigenvalue weighted by atomic mass is 9.94. The van der Waals surface area contributed by atoms with Crippen LogP contribution in [0, 0.1) is 0 Å². The Balaban J connectivity index is 1.74. The second-order valence-corrected chi connectivity index (χ2v) is 8.60. The average Bonchev–Trinajstić information content (AvgIpc) is 3.50. The van der Waals surface area contributed by atoms with Gasteiger partial charge in [-0.3, -0.25) is 0 Å². The summed E-state index contributed by atoms with van der Waals surface area (Å²) in [6.45, 7) is 6.16. The molecule has 0 saturated carbocycles. The third kappa shape index (κ3) is 4.69. The molecule has 1 aliphatic rings. The fourth-order valence-corrected chi connectivity index (χ4v) is 4.70. The molecule has 1 unspecified atom stereocenters. The van der Waals surface area contributed by atoms with Crippen LogP contribution in [0.15, 0.2) is 52.0 Å². The Morgan fingerprint density at radius 2 is 2.16 bits per heavy atom. The van der Waals surface area contributed by atoms with Crippen LogP contribution in [-0.2, 0) is 4.74 Å². The van der Waals surface area contributed by atoms with Gasteiger partial charge in [0.15, 0.2) is 5.11 Å². The minimum atomic E-state index is -0.239. The van der Waals surface area contributed by atoms with Crippen LogP contribution in [0.1, 0.15) is 37.8 Å². The Morgan fingerprint density at radius 3 is 2.91 bits per heavy atom. The summed E-state index contributed by atoms with van der Waals surface area (Å²) in [7, 11) is 1.66. The van der Waals surface area contributed by atoms with Crippen LogP contribution in [-0.4, -0.2) is 47.0 Å². The Labute approximate surface area is 197 Å². The van der Waals surface area contributed by atoms with E-state index in [4.69, 9.17) is 31.2 Å². The number of benzene rings is 1. The number of thiocarbonyl (C=S) groups is 1. The fraction of sp³-hybridized carbons (Fsp3) is 0.348. The first-order chi connectivity index (χ1) is 15.6. The maximum atomic E-state index is 5.76. The highest BCUT2D eigenvalue weighted by molar-refractivity contribution is 7.80. The molecule has 0 saturated heterocycles. The van der Waals surface area contributed by atoms with Crippen molar-refractivity contribution in [2.24, 2.45) is 0 Å². The summed E-state index contributed by atoms with van der Waals surface area (Å²) < 4.78 is 16.7. The van der Waals surface area contributed by atoms with Crippen LogP contribution in [0.3, 0.4) is 0 Å². The largest absolute Gasteiger partial charge is 0.497 e. The molecule has 168 valence electrons. The maximum Gasteiger partial charge on any atom is 0.258 e. The number of nitrogens with zero attached hydrogens (tertiary/aromatic N) is 3. The molecule has 0 amide bonds. The summed E-state index contributed by atoms with van der Waals surface area (Å²) in [4.78, 5) is 7.76. The molecule has 0 radical (unpaired) electrons. The highest BCUT2D eigenvalue weighted by Gasteiger charge is 2.34. The molecular formula is C23H26N4O3S2. The Hall–Kier alpha value is -2.75. The summed E-state index contributed by atoms with van der Waals surface area (Å²) in [5.41, 5.74) is 2.89. The maximum absolute atomic E-state index is 5.76. The minimum Gasteiger partial charge on any atom is -0.497 e. The van der Waals surface area contributed by atoms with Crippen LogP contribution in [0.5, 0.6) is 5.75 Å². The lowest BCUT2D eigenvalue weighted by Gasteiger charge is -2.37. The number of allylic oxidation sites excluding steroid dienone is 1. The van der Waals surface area contributed by atoms with Crippen molar-refractivity contribution in [1.29, 1.82) is 0 Å². The number of ether oxygens (including phenoxy) is 2. The number of rotatable bonds is 9. The first-order valence-electron chi connectivity index (χ1n) is 10.5. The Bertz CT molecular complexity index is 1090. The Kier molecular flexibility index (Phi) is 7.19. The summed E-state index contributed by atoms with van der Waals surface area (Å²) in [6.07, 6.45) is 0.856. The second kappa shape index (κ2) is 10.2. The van der Waals surface area contributed by atoms with Crippen molar-refractivity contribution in [1.82, 2.24) is 20.4 Å². The molecule has 3 heterocycles. The van der Waals surface area contributed by atoms with Gasteiger partial charge in [0, 0.05) is 25.5 Å². The zero-order chi connectivity index (χ0) is 22.5.